The van der Waals surface area contributed by atoms with E-state index in [2.05, 4.69) is 10.5 Å². The fraction of sp³-hybridized carbons (Fsp3) is 0.125. The van der Waals surface area contributed by atoms with Crippen molar-refractivity contribution in [2.24, 2.45) is 5.10 Å². The van der Waals surface area contributed by atoms with Crippen molar-refractivity contribution in [3.63, 3.8) is 0 Å². The van der Waals surface area contributed by atoms with Crippen molar-refractivity contribution in [3.8, 4) is 5.75 Å². The number of halogens is 2. The normalized spacial score (nSPS) is 10.7. The van der Waals surface area contributed by atoms with E-state index in [1.165, 1.54) is 0 Å². The molecule has 0 aliphatic rings. The Morgan fingerprint density at radius 3 is 2.77 bits per heavy atom. The van der Waals surface area contributed by atoms with Crippen molar-refractivity contribution in [3.05, 3.63) is 63.6 Å². The Labute approximate surface area is 138 Å². The van der Waals surface area contributed by atoms with E-state index in [0.29, 0.717) is 15.8 Å². The molecule has 22 heavy (non-hydrogen) atoms. The molecule has 0 saturated carbocycles. The number of nitrogens with zero attached hydrogens (tertiary/aromatic N) is 1. The van der Waals surface area contributed by atoms with Crippen LogP contribution in [0.1, 0.15) is 11.1 Å². The number of carbonyl (C=O) groups excluding carboxylic acids is 1. The van der Waals surface area contributed by atoms with Gasteiger partial charge in [0.1, 0.15) is 5.75 Å². The minimum Gasteiger partial charge on any atom is -0.482 e. The lowest BCUT2D eigenvalue weighted by molar-refractivity contribution is -0.123. The molecule has 0 radical (unpaired) electrons. The third-order valence-electron chi connectivity index (χ3n) is 2.83. The summed E-state index contributed by atoms with van der Waals surface area (Å²) in [6, 6.07) is 12.5. The second kappa shape index (κ2) is 7.82. The minimum atomic E-state index is -0.379. The summed E-state index contributed by atoms with van der Waals surface area (Å²) in [5.41, 5.74) is 4.40. The lowest BCUT2D eigenvalue weighted by Crippen LogP contribution is -2.24. The van der Waals surface area contributed by atoms with Gasteiger partial charge in [-0.15, -0.1) is 0 Å². The van der Waals surface area contributed by atoms with E-state index in [0.717, 1.165) is 11.1 Å². The summed E-state index contributed by atoms with van der Waals surface area (Å²) in [6.07, 6.45) is 1.59. The molecule has 2 rings (SSSR count). The highest BCUT2D eigenvalue weighted by atomic mass is 35.5. The maximum absolute atomic E-state index is 11.7. The highest BCUT2D eigenvalue weighted by Gasteiger charge is 2.05. The van der Waals surface area contributed by atoms with Gasteiger partial charge in [-0.05, 0) is 36.2 Å². The second-order valence-electron chi connectivity index (χ2n) is 4.51. The van der Waals surface area contributed by atoms with Crippen LogP contribution in [0.5, 0.6) is 5.75 Å². The maximum atomic E-state index is 11.7. The summed E-state index contributed by atoms with van der Waals surface area (Å²) in [5, 5.41) is 4.75. The average molecular weight is 337 g/mol. The van der Waals surface area contributed by atoms with Crippen LogP contribution in [0.25, 0.3) is 0 Å². The monoisotopic (exact) mass is 336 g/mol. The highest BCUT2D eigenvalue weighted by Crippen LogP contribution is 2.27. The van der Waals surface area contributed by atoms with Gasteiger partial charge in [-0.3, -0.25) is 4.79 Å². The van der Waals surface area contributed by atoms with Gasteiger partial charge in [0, 0.05) is 5.02 Å². The molecule has 114 valence electrons. The Morgan fingerprint density at radius 2 is 2.05 bits per heavy atom. The third kappa shape index (κ3) is 4.76. The number of amides is 1. The van der Waals surface area contributed by atoms with Gasteiger partial charge in [-0.25, -0.2) is 5.43 Å². The lowest BCUT2D eigenvalue weighted by Gasteiger charge is -2.07. The molecule has 0 fully saturated rings. The molecule has 1 amide bonds. The minimum absolute atomic E-state index is 0.188. The predicted molar refractivity (Wildman–Crippen MR) is 88.9 cm³/mol. The van der Waals surface area contributed by atoms with Crippen LogP contribution in [0.2, 0.25) is 10.0 Å². The Hall–Kier alpha value is -2.04. The van der Waals surface area contributed by atoms with Crippen molar-refractivity contribution < 1.29 is 9.53 Å². The molecule has 0 aliphatic carbocycles. The van der Waals surface area contributed by atoms with Crippen LogP contribution >= 0.6 is 23.2 Å². The molecule has 0 atom stereocenters. The van der Waals surface area contributed by atoms with Crippen LogP contribution in [0.15, 0.2) is 47.6 Å². The molecule has 4 nitrogen and oxygen atoms in total. The Bertz CT molecular complexity index is 702. The summed E-state index contributed by atoms with van der Waals surface area (Å²) < 4.78 is 5.30. The first-order chi connectivity index (χ1) is 10.6. The number of nitrogens with one attached hydrogen (secondary N) is 1. The number of hydrazone groups is 1. The largest absolute Gasteiger partial charge is 0.482 e. The van der Waals surface area contributed by atoms with Crippen molar-refractivity contribution in [2.75, 3.05) is 6.61 Å². The zero-order valence-electron chi connectivity index (χ0n) is 11.8. The number of ether oxygens (including phenoxy) is 1. The Balaban J connectivity index is 1.84. The van der Waals surface area contributed by atoms with E-state index in [1.54, 1.807) is 24.4 Å². The second-order valence-corrected chi connectivity index (χ2v) is 5.36. The number of hydrogen-bond donors (Lipinski definition) is 1. The summed E-state index contributed by atoms with van der Waals surface area (Å²) in [6.45, 7) is 1.78. The van der Waals surface area contributed by atoms with E-state index in [9.17, 15) is 4.79 Å². The van der Waals surface area contributed by atoms with Gasteiger partial charge in [0.25, 0.3) is 5.91 Å². The van der Waals surface area contributed by atoms with E-state index in [-0.39, 0.29) is 12.5 Å². The molecule has 0 aliphatic heterocycles. The van der Waals surface area contributed by atoms with Crippen LogP contribution in [-0.2, 0) is 4.79 Å². The standard InChI is InChI=1S/C16H14Cl2N2O2/c1-11-4-2-3-5-12(11)9-19-20-16(21)10-22-15-7-6-13(17)8-14(15)18/h2-9H,10H2,1H3,(H,20,21)/b19-9-. The first kappa shape index (κ1) is 16.3. The van der Waals surface area contributed by atoms with Gasteiger partial charge in [0.05, 0.1) is 11.2 Å². The first-order valence-corrected chi connectivity index (χ1v) is 7.27. The molecule has 6 heteroatoms. The topological polar surface area (TPSA) is 50.7 Å². The quantitative estimate of drug-likeness (QED) is 0.666. The first-order valence-electron chi connectivity index (χ1n) is 6.51. The van der Waals surface area contributed by atoms with Gasteiger partial charge in [0.2, 0.25) is 0 Å². The Kier molecular flexibility index (Phi) is 5.81. The van der Waals surface area contributed by atoms with Crippen LogP contribution in [0, 0.1) is 6.92 Å². The van der Waals surface area contributed by atoms with Gasteiger partial charge in [-0.1, -0.05) is 47.5 Å². The highest BCUT2D eigenvalue weighted by molar-refractivity contribution is 6.35. The van der Waals surface area contributed by atoms with Gasteiger partial charge in [0.15, 0.2) is 6.61 Å². The molecule has 1 N–H and O–H groups in total. The zero-order valence-corrected chi connectivity index (χ0v) is 13.4. The van der Waals surface area contributed by atoms with Crippen LogP contribution in [0.4, 0.5) is 0 Å². The lowest BCUT2D eigenvalue weighted by atomic mass is 10.1. The van der Waals surface area contributed by atoms with Gasteiger partial charge in [-0.2, -0.15) is 5.10 Å². The van der Waals surface area contributed by atoms with Crippen LogP contribution < -0.4 is 10.2 Å². The molecule has 2 aromatic rings. The van der Waals surface area contributed by atoms with Crippen molar-refractivity contribution in [1.29, 1.82) is 0 Å². The summed E-state index contributed by atoms with van der Waals surface area (Å²) >= 11 is 11.7. The number of hydrogen-bond acceptors (Lipinski definition) is 3. The van der Waals surface area contributed by atoms with E-state index in [1.807, 2.05) is 31.2 Å². The van der Waals surface area contributed by atoms with Crippen molar-refractivity contribution >= 4 is 35.3 Å². The molecule has 0 saturated heterocycles. The smallest absolute Gasteiger partial charge is 0.277 e. The number of aryl methyl sites for hydroxylation is 1. The molecule has 0 bridgehead atoms. The summed E-state index contributed by atoms with van der Waals surface area (Å²) in [7, 11) is 0. The van der Waals surface area contributed by atoms with Crippen molar-refractivity contribution in [1.82, 2.24) is 5.43 Å². The van der Waals surface area contributed by atoms with E-state index in [4.69, 9.17) is 27.9 Å². The molecule has 0 heterocycles. The summed E-state index contributed by atoms with van der Waals surface area (Å²) in [5.74, 6) is 0.0138. The average Bonchev–Trinajstić information content (AvgIpc) is 2.48. The molecule has 0 unspecified atom stereocenters. The number of carbonyl (C=O) groups is 1. The fourth-order valence-corrected chi connectivity index (χ4v) is 2.14. The SMILES string of the molecule is Cc1ccccc1/C=N\NC(=O)COc1ccc(Cl)cc1Cl. The van der Waals surface area contributed by atoms with Crippen molar-refractivity contribution in [2.45, 2.75) is 6.92 Å². The molecular formula is C16H14Cl2N2O2. The maximum Gasteiger partial charge on any atom is 0.277 e. The third-order valence-corrected chi connectivity index (χ3v) is 3.36. The molecular weight excluding hydrogens is 323 g/mol. The van der Waals surface area contributed by atoms with Gasteiger partial charge >= 0.3 is 0 Å². The van der Waals surface area contributed by atoms with E-state index < -0.39 is 0 Å². The van der Waals surface area contributed by atoms with Crippen LogP contribution in [-0.4, -0.2) is 18.7 Å². The zero-order chi connectivity index (χ0) is 15.9. The number of benzene rings is 2. The molecule has 0 aromatic heterocycles. The van der Waals surface area contributed by atoms with Gasteiger partial charge < -0.3 is 4.74 Å². The van der Waals surface area contributed by atoms with E-state index >= 15 is 0 Å². The van der Waals surface area contributed by atoms with Crippen LogP contribution in [0.3, 0.4) is 0 Å². The summed E-state index contributed by atoms with van der Waals surface area (Å²) in [4.78, 5) is 11.7. The predicted octanol–water partition coefficient (Wildman–Crippen LogP) is 3.83. The Morgan fingerprint density at radius 1 is 1.27 bits per heavy atom. The molecule has 2 aromatic carbocycles. The molecule has 0 spiro atoms. The number of rotatable bonds is 5. The fourth-order valence-electron chi connectivity index (χ4n) is 1.67.